The van der Waals surface area contributed by atoms with Crippen molar-refractivity contribution in [2.45, 2.75) is 23.1 Å². The van der Waals surface area contributed by atoms with Crippen LogP contribution >= 0.6 is 50.4 Å². The number of rotatable bonds is 7. The maximum atomic E-state index is 13.1. The average molecular weight is 474 g/mol. The molecule has 0 fully saturated rings. The number of halogens is 2. The summed E-state index contributed by atoms with van der Waals surface area (Å²) in [4.78, 5) is 13.5. The number of thiophene rings is 1. The SMILES string of the molecule is CC(Oc1ccc(F)cc1Br)C(=O)Nc1nnc(SCc2cccs2)s1. The van der Waals surface area contributed by atoms with Gasteiger partial charge in [-0.2, -0.15) is 0 Å². The number of hydrogen-bond acceptors (Lipinski definition) is 7. The molecule has 0 aliphatic carbocycles. The van der Waals surface area contributed by atoms with Gasteiger partial charge in [0.1, 0.15) is 11.6 Å². The maximum absolute atomic E-state index is 13.1. The number of nitrogens with zero attached hydrogens (tertiary/aromatic N) is 2. The largest absolute Gasteiger partial charge is 0.480 e. The Bertz CT molecular complexity index is 889. The summed E-state index contributed by atoms with van der Waals surface area (Å²) < 4.78 is 19.9. The molecule has 1 amide bonds. The average Bonchev–Trinajstić information content (AvgIpc) is 3.27. The minimum absolute atomic E-state index is 0.354. The van der Waals surface area contributed by atoms with Crippen LogP contribution < -0.4 is 10.1 Å². The van der Waals surface area contributed by atoms with Crippen LogP contribution in [0.5, 0.6) is 5.75 Å². The van der Waals surface area contributed by atoms with E-state index in [2.05, 4.69) is 37.5 Å². The maximum Gasteiger partial charge on any atom is 0.266 e. The molecule has 1 atom stereocenters. The van der Waals surface area contributed by atoms with Crippen LogP contribution in [0.15, 0.2) is 44.5 Å². The molecule has 10 heteroatoms. The molecule has 0 saturated heterocycles. The van der Waals surface area contributed by atoms with Gasteiger partial charge in [-0.05, 0) is 52.5 Å². The molecule has 2 aromatic heterocycles. The Morgan fingerprint density at radius 3 is 3.00 bits per heavy atom. The zero-order chi connectivity index (χ0) is 18.5. The summed E-state index contributed by atoms with van der Waals surface area (Å²) in [7, 11) is 0. The van der Waals surface area contributed by atoms with E-state index in [0.717, 1.165) is 10.1 Å². The standard InChI is InChI=1S/C16H13BrFN3O2S3/c1-9(23-13-5-4-10(18)7-12(13)17)14(22)19-15-20-21-16(26-15)25-8-11-3-2-6-24-11/h2-7,9H,8H2,1H3,(H,19,20,22). The summed E-state index contributed by atoms with van der Waals surface area (Å²) in [5, 5.41) is 13.2. The molecule has 3 rings (SSSR count). The summed E-state index contributed by atoms with van der Waals surface area (Å²) in [6.07, 6.45) is -0.775. The Balaban J connectivity index is 1.53. The summed E-state index contributed by atoms with van der Waals surface area (Å²) in [5.74, 6) is 0.465. The summed E-state index contributed by atoms with van der Waals surface area (Å²) in [5.41, 5.74) is 0. The highest BCUT2D eigenvalue weighted by molar-refractivity contribution is 9.10. The number of hydrogen-bond donors (Lipinski definition) is 1. The molecule has 0 aliphatic heterocycles. The van der Waals surface area contributed by atoms with Crippen LogP contribution in [0.3, 0.4) is 0 Å². The lowest BCUT2D eigenvalue weighted by atomic mass is 10.3. The van der Waals surface area contributed by atoms with Crippen LogP contribution in [-0.2, 0) is 10.5 Å². The molecule has 5 nitrogen and oxygen atoms in total. The molecular weight excluding hydrogens is 461 g/mol. The summed E-state index contributed by atoms with van der Waals surface area (Å²) in [6.45, 7) is 1.61. The fourth-order valence-electron chi connectivity index (χ4n) is 1.87. The first-order chi connectivity index (χ1) is 12.5. The van der Waals surface area contributed by atoms with E-state index in [1.807, 2.05) is 11.4 Å². The van der Waals surface area contributed by atoms with E-state index in [1.165, 1.54) is 34.4 Å². The zero-order valence-electron chi connectivity index (χ0n) is 13.4. The third-order valence-corrected chi connectivity index (χ3v) is 6.82. The van der Waals surface area contributed by atoms with Crippen molar-refractivity contribution in [3.63, 3.8) is 0 Å². The number of benzene rings is 1. The van der Waals surface area contributed by atoms with E-state index in [9.17, 15) is 9.18 Å². The van der Waals surface area contributed by atoms with E-state index < -0.39 is 6.10 Å². The van der Waals surface area contributed by atoms with Crippen molar-refractivity contribution in [1.82, 2.24) is 10.2 Å². The third kappa shape index (κ3) is 5.26. The molecular formula is C16H13BrFN3O2S3. The van der Waals surface area contributed by atoms with Gasteiger partial charge in [0.05, 0.1) is 4.47 Å². The molecule has 0 radical (unpaired) electrons. The van der Waals surface area contributed by atoms with Gasteiger partial charge in [0, 0.05) is 10.6 Å². The van der Waals surface area contributed by atoms with Gasteiger partial charge in [0.2, 0.25) is 5.13 Å². The Labute approximate surface area is 170 Å². The molecule has 0 spiro atoms. The lowest BCUT2D eigenvalue weighted by Gasteiger charge is -2.14. The minimum Gasteiger partial charge on any atom is -0.480 e. The molecule has 3 aromatic rings. The van der Waals surface area contributed by atoms with Crippen molar-refractivity contribution in [2.24, 2.45) is 0 Å². The first kappa shape index (κ1) is 19.3. The molecule has 0 bridgehead atoms. The van der Waals surface area contributed by atoms with Gasteiger partial charge in [0.25, 0.3) is 5.91 Å². The topological polar surface area (TPSA) is 64.1 Å². The molecule has 1 N–H and O–H groups in total. The number of amides is 1. The number of anilines is 1. The highest BCUT2D eigenvalue weighted by Crippen LogP contribution is 2.30. The van der Waals surface area contributed by atoms with Crippen LogP contribution in [0.4, 0.5) is 9.52 Å². The second-order valence-electron chi connectivity index (χ2n) is 5.07. The van der Waals surface area contributed by atoms with E-state index in [0.29, 0.717) is 15.4 Å². The molecule has 0 aliphatic rings. The molecule has 26 heavy (non-hydrogen) atoms. The van der Waals surface area contributed by atoms with E-state index in [-0.39, 0.29) is 11.7 Å². The van der Waals surface area contributed by atoms with E-state index >= 15 is 0 Å². The third-order valence-electron chi connectivity index (χ3n) is 3.12. The van der Waals surface area contributed by atoms with Crippen LogP contribution in [-0.4, -0.2) is 22.2 Å². The fraction of sp³-hybridized carbons (Fsp3) is 0.188. The van der Waals surface area contributed by atoms with Crippen LogP contribution in [0, 0.1) is 5.82 Å². The van der Waals surface area contributed by atoms with Gasteiger partial charge in [-0.25, -0.2) is 4.39 Å². The number of aromatic nitrogens is 2. The first-order valence-electron chi connectivity index (χ1n) is 7.42. The smallest absolute Gasteiger partial charge is 0.266 e. The van der Waals surface area contributed by atoms with Gasteiger partial charge < -0.3 is 4.74 Å². The van der Waals surface area contributed by atoms with Gasteiger partial charge >= 0.3 is 0 Å². The minimum atomic E-state index is -0.775. The van der Waals surface area contributed by atoms with Gasteiger partial charge in [-0.15, -0.1) is 21.5 Å². The predicted octanol–water partition coefficient (Wildman–Crippen LogP) is 5.20. The fourth-order valence-corrected chi connectivity index (χ4v) is 4.84. The molecule has 1 unspecified atom stereocenters. The van der Waals surface area contributed by atoms with Crippen LogP contribution in [0.1, 0.15) is 11.8 Å². The van der Waals surface area contributed by atoms with Gasteiger partial charge in [-0.1, -0.05) is 29.2 Å². The van der Waals surface area contributed by atoms with Gasteiger partial charge in [-0.3, -0.25) is 10.1 Å². The van der Waals surface area contributed by atoms with Crippen molar-refractivity contribution in [1.29, 1.82) is 0 Å². The van der Waals surface area contributed by atoms with Crippen molar-refractivity contribution in [3.05, 3.63) is 50.9 Å². The first-order valence-corrected chi connectivity index (χ1v) is 10.9. The number of carbonyl (C=O) groups is 1. The number of thioether (sulfide) groups is 1. The number of carbonyl (C=O) groups excluding carboxylic acids is 1. The second kappa shape index (κ2) is 8.94. The molecule has 1 aromatic carbocycles. The van der Waals surface area contributed by atoms with E-state index in [4.69, 9.17) is 4.74 Å². The highest BCUT2D eigenvalue weighted by atomic mass is 79.9. The van der Waals surface area contributed by atoms with Crippen molar-refractivity contribution in [2.75, 3.05) is 5.32 Å². The normalized spacial score (nSPS) is 12.0. The Morgan fingerprint density at radius 1 is 1.42 bits per heavy atom. The Kier molecular flexibility index (Phi) is 6.63. The molecule has 0 saturated carbocycles. The lowest BCUT2D eigenvalue weighted by Crippen LogP contribution is -2.30. The van der Waals surface area contributed by atoms with Crippen molar-refractivity contribution >= 4 is 61.4 Å². The van der Waals surface area contributed by atoms with Crippen LogP contribution in [0.25, 0.3) is 0 Å². The zero-order valence-corrected chi connectivity index (χ0v) is 17.5. The predicted molar refractivity (Wildman–Crippen MR) is 107 cm³/mol. The summed E-state index contributed by atoms with van der Waals surface area (Å²) >= 11 is 7.78. The lowest BCUT2D eigenvalue weighted by molar-refractivity contribution is -0.122. The second-order valence-corrected chi connectivity index (χ2v) is 9.15. The molecule has 136 valence electrons. The van der Waals surface area contributed by atoms with Crippen LogP contribution in [0.2, 0.25) is 0 Å². The molecule has 2 heterocycles. The number of ether oxygens (including phenoxy) is 1. The van der Waals surface area contributed by atoms with E-state index in [1.54, 1.807) is 30.0 Å². The quantitative estimate of drug-likeness (QED) is 0.377. The van der Waals surface area contributed by atoms with Crippen molar-refractivity contribution < 1.29 is 13.9 Å². The number of nitrogens with one attached hydrogen (secondary N) is 1. The summed E-state index contributed by atoms with van der Waals surface area (Å²) in [6, 6.07) is 8.09. The van der Waals surface area contributed by atoms with Crippen molar-refractivity contribution in [3.8, 4) is 5.75 Å². The Morgan fingerprint density at radius 2 is 2.27 bits per heavy atom. The van der Waals surface area contributed by atoms with Gasteiger partial charge in [0.15, 0.2) is 10.4 Å². The monoisotopic (exact) mass is 473 g/mol. The highest BCUT2D eigenvalue weighted by Gasteiger charge is 2.18. The Hall–Kier alpha value is -1.49.